The lowest BCUT2D eigenvalue weighted by molar-refractivity contribution is -0.123. The van der Waals surface area contributed by atoms with E-state index >= 15 is 0 Å². The van der Waals surface area contributed by atoms with E-state index in [0.717, 1.165) is 88.4 Å². The van der Waals surface area contributed by atoms with Crippen molar-refractivity contribution >= 4 is 17.4 Å². The van der Waals surface area contributed by atoms with Gasteiger partial charge in [-0.25, -0.2) is 0 Å². The van der Waals surface area contributed by atoms with Crippen molar-refractivity contribution in [2.75, 3.05) is 6.54 Å². The van der Waals surface area contributed by atoms with Crippen molar-refractivity contribution in [2.24, 2.45) is 16.3 Å². The van der Waals surface area contributed by atoms with Crippen LogP contribution in [-0.2, 0) is 4.79 Å². The summed E-state index contributed by atoms with van der Waals surface area (Å²) < 4.78 is 5.32. The number of unbranched alkanes of at least 4 members (excludes halogenated alkanes) is 1. The largest absolute Gasteiger partial charge is 0.459 e. The summed E-state index contributed by atoms with van der Waals surface area (Å²) >= 11 is 0. The number of rotatable bonds is 13. The van der Waals surface area contributed by atoms with Gasteiger partial charge in [0.2, 0.25) is 0 Å². The number of hydrogen-bond donors (Lipinski definition) is 1. The lowest BCUT2D eigenvalue weighted by atomic mass is 9.76. The number of hydrogen-bond acceptors (Lipinski definition) is 4. The summed E-state index contributed by atoms with van der Waals surface area (Å²) in [6.07, 6.45) is 26.4. The molecule has 40 heavy (non-hydrogen) atoms. The Morgan fingerprint density at radius 3 is 2.75 bits per heavy atom. The normalized spacial score (nSPS) is 20.5. The summed E-state index contributed by atoms with van der Waals surface area (Å²) in [5, 5.41) is 3.06. The Balaban J connectivity index is 1.39. The van der Waals surface area contributed by atoms with E-state index in [1.165, 1.54) is 29.5 Å². The van der Waals surface area contributed by atoms with Gasteiger partial charge < -0.3 is 9.73 Å². The van der Waals surface area contributed by atoms with Crippen LogP contribution in [0.15, 0.2) is 86.7 Å². The molecule has 0 radical (unpaired) electrons. The van der Waals surface area contributed by atoms with Crippen molar-refractivity contribution in [3.8, 4) is 0 Å². The van der Waals surface area contributed by atoms with Gasteiger partial charge in [-0.1, -0.05) is 50.6 Å². The Morgan fingerprint density at radius 2 is 2.00 bits per heavy atom. The number of aliphatic imine (C=N–C) groups is 1. The molecule has 1 unspecified atom stereocenters. The van der Waals surface area contributed by atoms with Gasteiger partial charge >= 0.3 is 0 Å². The van der Waals surface area contributed by atoms with E-state index in [4.69, 9.17) is 9.41 Å². The molecule has 0 aromatic carbocycles. The molecule has 0 saturated carbocycles. The van der Waals surface area contributed by atoms with Crippen LogP contribution in [0.5, 0.6) is 0 Å². The molecular formula is C35H46N2O3. The van der Waals surface area contributed by atoms with Gasteiger partial charge in [-0.2, -0.15) is 0 Å². The first-order chi connectivity index (χ1) is 19.3. The predicted molar refractivity (Wildman–Crippen MR) is 163 cm³/mol. The maximum absolute atomic E-state index is 13.7. The van der Waals surface area contributed by atoms with Crippen LogP contribution < -0.4 is 5.32 Å². The Hall–Kier alpha value is -3.21. The van der Waals surface area contributed by atoms with E-state index in [-0.39, 0.29) is 17.5 Å². The first-order valence-electron chi connectivity index (χ1n) is 15.2. The topological polar surface area (TPSA) is 71.7 Å². The molecule has 4 rings (SSSR count). The maximum Gasteiger partial charge on any atom is 0.291 e. The van der Waals surface area contributed by atoms with E-state index in [1.54, 1.807) is 12.1 Å². The zero-order valence-electron chi connectivity index (χ0n) is 24.6. The SMILES string of the molecule is CC1=CCCCC1=NCCCCC1=C(NC(=O)c2ccco2)C=C(C(=O)C(C)(C)CCCC2C=CC=CC2)CC1. The summed E-state index contributed by atoms with van der Waals surface area (Å²) in [5.41, 5.74) is 4.94. The molecule has 5 heteroatoms. The lowest BCUT2D eigenvalue weighted by Gasteiger charge is -2.28. The third kappa shape index (κ3) is 8.39. The summed E-state index contributed by atoms with van der Waals surface area (Å²) in [6.45, 7) is 7.13. The highest BCUT2D eigenvalue weighted by molar-refractivity contribution is 6.01. The van der Waals surface area contributed by atoms with Gasteiger partial charge in [-0.3, -0.25) is 14.6 Å². The number of carbonyl (C=O) groups excluding carboxylic acids is 2. The minimum Gasteiger partial charge on any atom is -0.459 e. The van der Waals surface area contributed by atoms with Gasteiger partial charge in [0.15, 0.2) is 11.5 Å². The summed E-state index contributed by atoms with van der Waals surface area (Å²) in [4.78, 5) is 31.4. The highest BCUT2D eigenvalue weighted by Crippen LogP contribution is 2.35. The zero-order valence-corrected chi connectivity index (χ0v) is 24.6. The van der Waals surface area contributed by atoms with Gasteiger partial charge in [-0.05, 0) is 118 Å². The monoisotopic (exact) mass is 542 g/mol. The third-order valence-electron chi connectivity index (χ3n) is 8.45. The highest BCUT2D eigenvalue weighted by Gasteiger charge is 2.31. The fourth-order valence-electron chi connectivity index (χ4n) is 5.89. The van der Waals surface area contributed by atoms with Gasteiger partial charge in [-0.15, -0.1) is 0 Å². The molecule has 0 fully saturated rings. The molecule has 5 nitrogen and oxygen atoms in total. The molecule has 0 bridgehead atoms. The first kappa shape index (κ1) is 29.8. The minimum absolute atomic E-state index is 0.196. The minimum atomic E-state index is -0.432. The molecule has 1 N–H and O–H groups in total. The van der Waals surface area contributed by atoms with Gasteiger partial charge in [0.1, 0.15) is 0 Å². The van der Waals surface area contributed by atoms with Crippen molar-refractivity contribution in [1.29, 1.82) is 0 Å². The molecule has 0 saturated heterocycles. The van der Waals surface area contributed by atoms with E-state index in [9.17, 15) is 9.59 Å². The van der Waals surface area contributed by atoms with Crippen molar-refractivity contribution in [3.63, 3.8) is 0 Å². The van der Waals surface area contributed by atoms with Crippen LogP contribution in [0, 0.1) is 11.3 Å². The van der Waals surface area contributed by atoms with Crippen molar-refractivity contribution in [2.45, 2.75) is 97.8 Å². The van der Waals surface area contributed by atoms with E-state index in [2.05, 4.69) is 56.5 Å². The molecule has 0 aliphatic heterocycles. The number of allylic oxidation sites excluding steroid dienone is 9. The summed E-state index contributed by atoms with van der Waals surface area (Å²) in [7, 11) is 0. The second kappa shape index (κ2) is 14.4. The number of carbonyl (C=O) groups is 2. The average Bonchev–Trinajstić information content (AvgIpc) is 3.50. The molecule has 3 aliphatic rings. The maximum atomic E-state index is 13.7. The Kier molecular flexibility index (Phi) is 10.7. The molecule has 0 spiro atoms. The Labute approximate surface area is 240 Å². The van der Waals surface area contributed by atoms with Crippen molar-refractivity contribution in [1.82, 2.24) is 5.32 Å². The van der Waals surface area contributed by atoms with Crippen molar-refractivity contribution in [3.05, 3.63) is 83.0 Å². The number of amides is 1. The van der Waals surface area contributed by atoms with Gasteiger partial charge in [0, 0.05) is 23.4 Å². The molecule has 1 heterocycles. The average molecular weight is 543 g/mol. The van der Waals surface area contributed by atoms with Crippen LogP contribution in [0.1, 0.15) is 108 Å². The van der Waals surface area contributed by atoms with E-state index < -0.39 is 5.41 Å². The molecule has 1 aromatic heterocycles. The number of furan rings is 1. The van der Waals surface area contributed by atoms with Crippen molar-refractivity contribution < 1.29 is 14.0 Å². The number of nitrogens with one attached hydrogen (secondary N) is 1. The molecule has 3 aliphatic carbocycles. The smallest absolute Gasteiger partial charge is 0.291 e. The quantitative estimate of drug-likeness (QED) is 0.254. The predicted octanol–water partition coefficient (Wildman–Crippen LogP) is 8.62. The van der Waals surface area contributed by atoms with Gasteiger partial charge in [0.25, 0.3) is 5.91 Å². The Morgan fingerprint density at radius 1 is 1.12 bits per heavy atom. The van der Waals surface area contributed by atoms with Crippen LogP contribution in [0.4, 0.5) is 0 Å². The first-order valence-corrected chi connectivity index (χ1v) is 15.2. The standard InChI is InChI=1S/C35H46N2O3/c1-26-13-7-8-18-30(26)36-23-10-9-17-28-20-21-29(25-31(28)37-34(39)32-19-12-24-40-32)33(38)35(2,3)22-11-16-27-14-5-4-6-15-27/h4-6,12-14,19,24-25,27H,7-11,15-18,20-23H2,1-3H3,(H,37,39). The summed E-state index contributed by atoms with van der Waals surface area (Å²) in [6, 6.07) is 3.37. The molecule has 1 atom stereocenters. The lowest BCUT2D eigenvalue weighted by Crippen LogP contribution is -2.29. The second-order valence-electron chi connectivity index (χ2n) is 12.1. The Bertz CT molecular complexity index is 1220. The van der Waals surface area contributed by atoms with Crippen LogP contribution in [-0.4, -0.2) is 23.9 Å². The van der Waals surface area contributed by atoms with Crippen LogP contribution in [0.3, 0.4) is 0 Å². The van der Waals surface area contributed by atoms with E-state index in [0.29, 0.717) is 5.92 Å². The highest BCUT2D eigenvalue weighted by atomic mass is 16.3. The fraction of sp³-hybridized carbons (Fsp3) is 0.514. The second-order valence-corrected chi connectivity index (χ2v) is 12.1. The van der Waals surface area contributed by atoms with E-state index in [1.807, 2.05) is 6.08 Å². The summed E-state index contributed by atoms with van der Waals surface area (Å²) in [5.74, 6) is 0.773. The molecule has 1 aromatic rings. The van der Waals surface area contributed by atoms with Crippen LogP contribution >= 0.6 is 0 Å². The van der Waals surface area contributed by atoms with Crippen LogP contribution in [0.25, 0.3) is 0 Å². The third-order valence-corrected chi connectivity index (χ3v) is 8.45. The number of ketones is 1. The fourth-order valence-corrected chi connectivity index (χ4v) is 5.89. The number of Topliss-reactive ketones (excluding diaryl/α,β-unsaturated/α-hetero) is 1. The number of nitrogens with zero attached hydrogens (tertiary/aromatic N) is 1. The zero-order chi connectivity index (χ0) is 28.4. The van der Waals surface area contributed by atoms with Crippen LogP contribution in [0.2, 0.25) is 0 Å². The van der Waals surface area contributed by atoms with Gasteiger partial charge in [0.05, 0.1) is 6.26 Å². The molecule has 1 amide bonds. The molecular weight excluding hydrogens is 496 g/mol. The molecule has 214 valence electrons.